The van der Waals surface area contributed by atoms with E-state index in [1.54, 1.807) is 0 Å². The molecule has 0 spiro atoms. The van der Waals surface area contributed by atoms with E-state index in [-0.39, 0.29) is 21.7 Å². The zero-order valence-electron chi connectivity index (χ0n) is 11.9. The summed E-state index contributed by atoms with van der Waals surface area (Å²) in [5, 5.41) is 14.3. The molecule has 1 heterocycles. The molecule has 130 valence electrons. The average Bonchev–Trinajstić information content (AvgIpc) is 3.25. The van der Waals surface area contributed by atoms with Crippen LogP contribution in [0.2, 0.25) is 5.02 Å². The quantitative estimate of drug-likeness (QED) is 0.612. The van der Waals surface area contributed by atoms with Crippen LogP contribution in [0.1, 0.15) is 12.8 Å². The Balaban J connectivity index is 2.22. The van der Waals surface area contributed by atoms with Crippen molar-refractivity contribution >= 4 is 44.0 Å². The molecule has 0 saturated heterocycles. The number of alkyl halides is 2. The lowest BCUT2D eigenvalue weighted by Gasteiger charge is -2.04. The molecule has 3 rings (SSSR count). The summed E-state index contributed by atoms with van der Waals surface area (Å²) in [6.45, 7) is -0.928. The molecule has 0 atom stereocenters. The van der Waals surface area contributed by atoms with Crippen LogP contribution < -0.4 is 4.72 Å². The van der Waals surface area contributed by atoms with E-state index in [0.717, 1.165) is 6.07 Å². The fraction of sp³-hybridized carbons (Fsp3) is 0.417. The Labute approximate surface area is 139 Å². The second kappa shape index (κ2) is 5.81. The summed E-state index contributed by atoms with van der Waals surface area (Å²) in [7, 11) is -3.74. The molecule has 1 aliphatic rings. The van der Waals surface area contributed by atoms with Crippen LogP contribution in [0.4, 0.5) is 20.3 Å². The van der Waals surface area contributed by atoms with E-state index in [2.05, 4.69) is 9.82 Å². The number of fused-ring (bicyclic) bond motifs is 1. The third-order valence-corrected chi connectivity index (χ3v) is 5.67. The van der Waals surface area contributed by atoms with Crippen LogP contribution in [0.5, 0.6) is 0 Å². The maximum atomic E-state index is 12.8. The van der Waals surface area contributed by atoms with Gasteiger partial charge >= 0.3 is 0 Å². The van der Waals surface area contributed by atoms with Crippen LogP contribution in [0, 0.1) is 10.1 Å². The van der Waals surface area contributed by atoms with E-state index in [9.17, 15) is 27.3 Å². The van der Waals surface area contributed by atoms with Gasteiger partial charge in [0.1, 0.15) is 12.1 Å². The third kappa shape index (κ3) is 3.00. The van der Waals surface area contributed by atoms with Gasteiger partial charge < -0.3 is 0 Å². The maximum absolute atomic E-state index is 12.8. The highest BCUT2D eigenvalue weighted by molar-refractivity contribution is 7.93. The molecule has 24 heavy (non-hydrogen) atoms. The summed E-state index contributed by atoms with van der Waals surface area (Å²) < 4.78 is 52.6. The molecule has 1 aromatic carbocycles. The summed E-state index contributed by atoms with van der Waals surface area (Å²) in [6, 6.07) is 2.26. The lowest BCUT2D eigenvalue weighted by molar-refractivity contribution is -0.383. The second-order valence-corrected chi connectivity index (χ2v) is 7.68. The first-order valence-electron chi connectivity index (χ1n) is 6.84. The van der Waals surface area contributed by atoms with Gasteiger partial charge in [0, 0.05) is 6.07 Å². The molecule has 1 N–H and O–H groups in total. The summed E-state index contributed by atoms with van der Waals surface area (Å²) in [5.41, 5.74) is -0.735. The highest BCUT2D eigenvalue weighted by atomic mass is 35.5. The lowest BCUT2D eigenvalue weighted by atomic mass is 10.2. The minimum atomic E-state index is -3.74. The largest absolute Gasteiger partial charge is 0.295 e. The van der Waals surface area contributed by atoms with Crippen LogP contribution in [0.15, 0.2) is 12.1 Å². The fourth-order valence-electron chi connectivity index (χ4n) is 2.34. The van der Waals surface area contributed by atoms with E-state index < -0.39 is 38.9 Å². The van der Waals surface area contributed by atoms with Gasteiger partial charge in [0.25, 0.3) is 12.1 Å². The summed E-state index contributed by atoms with van der Waals surface area (Å²) >= 11 is 6.01. The predicted octanol–water partition coefficient (Wildman–Crippen LogP) is 2.77. The molecular weight excluding hydrogens is 370 g/mol. The standard InChI is InChI=1S/C12H11ClF2N4O4S/c13-7-3-4-8(19(20)21)11-10(7)12(16-18(11)5-9(14)15)17-24(22,23)6-1-2-6/h3-4,6,9H,1-2,5H2,(H,16,17). The van der Waals surface area contributed by atoms with Gasteiger partial charge in [-0.25, -0.2) is 21.9 Å². The number of rotatable bonds is 6. The summed E-state index contributed by atoms with van der Waals surface area (Å²) in [6.07, 6.45) is -1.86. The molecule has 1 fully saturated rings. The fourth-order valence-corrected chi connectivity index (χ4v) is 3.92. The van der Waals surface area contributed by atoms with Crippen molar-refractivity contribution in [2.45, 2.75) is 31.1 Å². The highest BCUT2D eigenvalue weighted by Crippen LogP contribution is 2.38. The molecule has 1 aliphatic carbocycles. The first-order chi connectivity index (χ1) is 11.2. The minimum absolute atomic E-state index is 0.0235. The SMILES string of the molecule is O=[N+]([O-])c1ccc(Cl)c2c(NS(=O)(=O)C3CC3)nn(CC(F)F)c12. The highest BCUT2D eigenvalue weighted by Gasteiger charge is 2.37. The number of sulfonamides is 1. The van der Waals surface area contributed by atoms with Crippen LogP contribution in [0.3, 0.4) is 0 Å². The Kier molecular flexibility index (Phi) is 4.08. The number of nitro benzene ring substituents is 1. The number of nitro groups is 1. The monoisotopic (exact) mass is 380 g/mol. The van der Waals surface area contributed by atoms with Crippen molar-refractivity contribution in [3.8, 4) is 0 Å². The van der Waals surface area contributed by atoms with Crippen LogP contribution >= 0.6 is 11.6 Å². The zero-order valence-corrected chi connectivity index (χ0v) is 13.5. The normalized spacial score (nSPS) is 15.2. The van der Waals surface area contributed by atoms with Gasteiger partial charge in [-0.2, -0.15) is 5.10 Å². The number of nitrogens with zero attached hydrogens (tertiary/aromatic N) is 3. The molecule has 0 radical (unpaired) electrons. The predicted molar refractivity (Wildman–Crippen MR) is 83.0 cm³/mol. The Morgan fingerprint density at radius 3 is 2.67 bits per heavy atom. The maximum Gasteiger partial charge on any atom is 0.295 e. The first kappa shape index (κ1) is 16.8. The van der Waals surface area contributed by atoms with Crippen molar-refractivity contribution in [2.75, 3.05) is 4.72 Å². The van der Waals surface area contributed by atoms with Crippen molar-refractivity contribution in [1.82, 2.24) is 9.78 Å². The van der Waals surface area contributed by atoms with Crippen molar-refractivity contribution in [3.05, 3.63) is 27.3 Å². The Bertz CT molecular complexity index is 927. The van der Waals surface area contributed by atoms with E-state index in [0.29, 0.717) is 17.5 Å². The van der Waals surface area contributed by atoms with Crippen LogP contribution in [-0.2, 0) is 16.6 Å². The topological polar surface area (TPSA) is 107 Å². The second-order valence-electron chi connectivity index (χ2n) is 5.32. The van der Waals surface area contributed by atoms with Crippen LogP contribution in [-0.4, -0.2) is 34.8 Å². The molecule has 1 saturated carbocycles. The average molecular weight is 381 g/mol. The first-order valence-corrected chi connectivity index (χ1v) is 8.76. The van der Waals surface area contributed by atoms with E-state index in [1.165, 1.54) is 6.07 Å². The van der Waals surface area contributed by atoms with E-state index in [1.807, 2.05) is 0 Å². The Morgan fingerprint density at radius 2 is 2.12 bits per heavy atom. The van der Waals surface area contributed by atoms with Gasteiger partial charge in [0.15, 0.2) is 5.82 Å². The van der Waals surface area contributed by atoms with Crippen LogP contribution in [0.25, 0.3) is 10.9 Å². The molecule has 12 heteroatoms. The number of anilines is 1. The summed E-state index contributed by atoms with van der Waals surface area (Å²) in [4.78, 5) is 10.4. The van der Waals surface area contributed by atoms with Gasteiger partial charge in [-0.3, -0.25) is 14.8 Å². The van der Waals surface area contributed by atoms with Gasteiger partial charge in [-0.05, 0) is 18.9 Å². The Morgan fingerprint density at radius 1 is 1.46 bits per heavy atom. The van der Waals surface area contributed by atoms with Crippen molar-refractivity contribution in [2.24, 2.45) is 0 Å². The number of hydrogen-bond donors (Lipinski definition) is 1. The smallest absolute Gasteiger partial charge is 0.265 e. The molecule has 0 bridgehead atoms. The lowest BCUT2D eigenvalue weighted by Crippen LogP contribution is -2.18. The van der Waals surface area contributed by atoms with Crippen molar-refractivity contribution < 1.29 is 22.1 Å². The molecular formula is C12H11ClF2N4O4S. The number of halogens is 3. The molecule has 1 aromatic heterocycles. The number of aromatic nitrogens is 2. The van der Waals surface area contributed by atoms with Gasteiger partial charge in [-0.15, -0.1) is 0 Å². The van der Waals surface area contributed by atoms with Gasteiger partial charge in [-0.1, -0.05) is 11.6 Å². The van der Waals surface area contributed by atoms with Crippen molar-refractivity contribution in [1.29, 1.82) is 0 Å². The molecule has 2 aromatic rings. The molecule has 0 aliphatic heterocycles. The molecule has 0 unspecified atom stereocenters. The zero-order chi connectivity index (χ0) is 17.6. The van der Waals surface area contributed by atoms with Gasteiger partial charge in [0.2, 0.25) is 10.0 Å². The third-order valence-electron chi connectivity index (χ3n) is 3.53. The minimum Gasteiger partial charge on any atom is -0.265 e. The van der Waals surface area contributed by atoms with E-state index >= 15 is 0 Å². The number of non-ortho nitro benzene ring substituents is 1. The number of hydrogen-bond acceptors (Lipinski definition) is 5. The van der Waals surface area contributed by atoms with Crippen molar-refractivity contribution in [3.63, 3.8) is 0 Å². The Hall–Kier alpha value is -2.01. The van der Waals surface area contributed by atoms with E-state index in [4.69, 9.17) is 11.6 Å². The van der Waals surface area contributed by atoms with Gasteiger partial charge in [0.05, 0.1) is 20.6 Å². The summed E-state index contributed by atoms with van der Waals surface area (Å²) in [5.74, 6) is -0.286. The number of benzene rings is 1. The molecule has 8 nitrogen and oxygen atoms in total. The number of nitrogens with one attached hydrogen (secondary N) is 1. The molecule has 0 amide bonds.